The summed E-state index contributed by atoms with van der Waals surface area (Å²) in [5.74, 6) is -0.171. The number of nitrogens with one attached hydrogen (secondary N) is 1. The van der Waals surface area contributed by atoms with Crippen molar-refractivity contribution in [3.8, 4) is 5.75 Å². The standard InChI is InChI=1S/C12H14N2O3/c1-17-7-2-3-10-8(4-7)9(5-12(15)16)11(6-13)14-10/h2-4,14H,5-6,13H2,1H3,(H,15,16). The van der Waals surface area contributed by atoms with Crippen molar-refractivity contribution in [2.24, 2.45) is 5.73 Å². The van der Waals surface area contributed by atoms with Crippen LogP contribution in [0.5, 0.6) is 5.75 Å². The first-order chi connectivity index (χ1) is 8.15. The number of carboxylic acids is 1. The maximum Gasteiger partial charge on any atom is 0.307 e. The van der Waals surface area contributed by atoms with Crippen LogP contribution in [-0.2, 0) is 17.8 Å². The number of hydrogen-bond acceptors (Lipinski definition) is 3. The fraction of sp³-hybridized carbons (Fsp3) is 0.250. The summed E-state index contributed by atoms with van der Waals surface area (Å²) in [7, 11) is 1.58. The van der Waals surface area contributed by atoms with Crippen LogP contribution in [0, 0.1) is 0 Å². The van der Waals surface area contributed by atoms with Crippen molar-refractivity contribution in [1.82, 2.24) is 4.98 Å². The molecule has 0 amide bonds. The number of methoxy groups -OCH3 is 1. The zero-order valence-corrected chi connectivity index (χ0v) is 9.49. The van der Waals surface area contributed by atoms with E-state index >= 15 is 0 Å². The summed E-state index contributed by atoms with van der Waals surface area (Å²) < 4.78 is 5.13. The van der Waals surface area contributed by atoms with Crippen molar-refractivity contribution in [2.75, 3.05) is 7.11 Å². The third-order valence-corrected chi connectivity index (χ3v) is 2.73. The maximum absolute atomic E-state index is 10.8. The molecule has 1 heterocycles. The molecule has 0 saturated heterocycles. The maximum atomic E-state index is 10.8. The second-order valence-corrected chi connectivity index (χ2v) is 3.77. The van der Waals surface area contributed by atoms with Gasteiger partial charge >= 0.3 is 5.97 Å². The van der Waals surface area contributed by atoms with Crippen LogP contribution in [0.3, 0.4) is 0 Å². The molecule has 0 unspecified atom stereocenters. The van der Waals surface area contributed by atoms with Gasteiger partial charge in [-0.25, -0.2) is 0 Å². The summed E-state index contributed by atoms with van der Waals surface area (Å²) >= 11 is 0. The lowest BCUT2D eigenvalue weighted by Gasteiger charge is -2.01. The molecule has 0 aliphatic heterocycles. The van der Waals surface area contributed by atoms with Crippen LogP contribution in [-0.4, -0.2) is 23.2 Å². The normalized spacial score (nSPS) is 10.7. The van der Waals surface area contributed by atoms with Crippen LogP contribution in [0.15, 0.2) is 18.2 Å². The van der Waals surface area contributed by atoms with Crippen LogP contribution in [0.1, 0.15) is 11.3 Å². The minimum Gasteiger partial charge on any atom is -0.497 e. The average Bonchev–Trinajstić information content (AvgIpc) is 2.66. The highest BCUT2D eigenvalue weighted by Crippen LogP contribution is 2.26. The van der Waals surface area contributed by atoms with Gasteiger partial charge in [-0.1, -0.05) is 0 Å². The van der Waals surface area contributed by atoms with Crippen molar-refractivity contribution >= 4 is 16.9 Å². The molecule has 17 heavy (non-hydrogen) atoms. The molecular formula is C12H14N2O3. The highest BCUT2D eigenvalue weighted by atomic mass is 16.5. The van der Waals surface area contributed by atoms with Gasteiger partial charge in [0.05, 0.1) is 13.5 Å². The molecule has 2 rings (SSSR count). The zero-order chi connectivity index (χ0) is 12.4. The minimum absolute atomic E-state index is 0.0420. The van der Waals surface area contributed by atoms with Crippen LogP contribution < -0.4 is 10.5 Å². The van der Waals surface area contributed by atoms with Gasteiger partial charge in [-0.15, -0.1) is 0 Å². The number of carbonyl (C=O) groups is 1. The number of aromatic nitrogens is 1. The number of fused-ring (bicyclic) bond motifs is 1. The fourth-order valence-corrected chi connectivity index (χ4v) is 1.94. The first-order valence-electron chi connectivity index (χ1n) is 5.25. The quantitative estimate of drug-likeness (QED) is 0.743. The van der Waals surface area contributed by atoms with Crippen molar-refractivity contribution < 1.29 is 14.6 Å². The Kier molecular flexibility index (Phi) is 3.01. The van der Waals surface area contributed by atoms with Crippen molar-refractivity contribution in [3.05, 3.63) is 29.5 Å². The number of aromatic amines is 1. The first-order valence-corrected chi connectivity index (χ1v) is 5.25. The van der Waals surface area contributed by atoms with Crippen LogP contribution in [0.25, 0.3) is 10.9 Å². The molecule has 0 radical (unpaired) electrons. The second kappa shape index (κ2) is 4.47. The Labute approximate surface area is 98.2 Å². The number of rotatable bonds is 4. The minimum atomic E-state index is -0.872. The van der Waals surface area contributed by atoms with Crippen molar-refractivity contribution in [3.63, 3.8) is 0 Å². The largest absolute Gasteiger partial charge is 0.497 e. The fourth-order valence-electron chi connectivity index (χ4n) is 1.94. The highest BCUT2D eigenvalue weighted by molar-refractivity contribution is 5.89. The zero-order valence-electron chi connectivity index (χ0n) is 9.49. The number of benzene rings is 1. The number of nitrogens with two attached hydrogens (primary N) is 1. The lowest BCUT2D eigenvalue weighted by Crippen LogP contribution is -2.05. The number of hydrogen-bond donors (Lipinski definition) is 3. The molecule has 5 nitrogen and oxygen atoms in total. The number of aliphatic carboxylic acids is 1. The molecule has 0 saturated carbocycles. The first kappa shape index (κ1) is 11.5. The topological polar surface area (TPSA) is 88.3 Å². The molecule has 1 aromatic carbocycles. The molecule has 1 aromatic heterocycles. The van der Waals surface area contributed by atoms with Gasteiger partial charge in [0, 0.05) is 23.1 Å². The van der Waals surface area contributed by atoms with Gasteiger partial charge in [-0.3, -0.25) is 4.79 Å². The molecule has 0 aliphatic carbocycles. The Balaban J connectivity index is 2.62. The predicted octanol–water partition coefficient (Wildman–Crippen LogP) is 1.26. The lowest BCUT2D eigenvalue weighted by atomic mass is 10.1. The van der Waals surface area contributed by atoms with E-state index in [-0.39, 0.29) is 6.42 Å². The lowest BCUT2D eigenvalue weighted by molar-refractivity contribution is -0.136. The molecule has 0 atom stereocenters. The van der Waals surface area contributed by atoms with E-state index in [1.54, 1.807) is 7.11 Å². The molecule has 0 bridgehead atoms. The van der Waals surface area contributed by atoms with Crippen molar-refractivity contribution in [1.29, 1.82) is 0 Å². The van der Waals surface area contributed by atoms with E-state index in [2.05, 4.69) is 4.98 Å². The Bertz CT molecular complexity index is 560. The Morgan fingerprint density at radius 3 is 2.88 bits per heavy atom. The molecule has 0 fully saturated rings. The molecule has 0 spiro atoms. The van der Waals surface area contributed by atoms with Gasteiger partial charge in [-0.05, 0) is 23.8 Å². The third-order valence-electron chi connectivity index (χ3n) is 2.73. The van der Waals surface area contributed by atoms with E-state index in [4.69, 9.17) is 15.6 Å². The summed E-state index contributed by atoms with van der Waals surface area (Å²) in [5, 5.41) is 9.76. The molecule has 4 N–H and O–H groups in total. The van der Waals surface area contributed by atoms with Crippen molar-refractivity contribution in [2.45, 2.75) is 13.0 Å². The van der Waals surface area contributed by atoms with E-state index in [0.29, 0.717) is 12.3 Å². The number of H-pyrrole nitrogens is 1. The molecule has 90 valence electrons. The SMILES string of the molecule is COc1ccc2[nH]c(CN)c(CC(=O)O)c2c1. The van der Waals surface area contributed by atoms with Gasteiger partial charge in [-0.2, -0.15) is 0 Å². The smallest absolute Gasteiger partial charge is 0.307 e. The average molecular weight is 234 g/mol. The van der Waals surface area contributed by atoms with Gasteiger partial charge in [0.1, 0.15) is 5.75 Å². The van der Waals surface area contributed by atoms with Gasteiger partial charge in [0.15, 0.2) is 0 Å². The Hall–Kier alpha value is -2.01. The van der Waals surface area contributed by atoms with E-state index in [1.807, 2.05) is 18.2 Å². The molecule has 0 aliphatic rings. The Morgan fingerprint density at radius 2 is 2.29 bits per heavy atom. The van der Waals surface area contributed by atoms with Gasteiger partial charge in [0.25, 0.3) is 0 Å². The monoisotopic (exact) mass is 234 g/mol. The number of carboxylic acid groups (broad SMARTS) is 1. The summed E-state index contributed by atoms with van der Waals surface area (Å²) in [4.78, 5) is 14.0. The van der Waals surface area contributed by atoms with Gasteiger partial charge < -0.3 is 20.6 Å². The van der Waals surface area contributed by atoms with Gasteiger partial charge in [0.2, 0.25) is 0 Å². The highest BCUT2D eigenvalue weighted by Gasteiger charge is 2.13. The Morgan fingerprint density at radius 1 is 1.53 bits per heavy atom. The summed E-state index contributed by atoms with van der Waals surface area (Å²) in [6.07, 6.45) is -0.0420. The van der Waals surface area contributed by atoms with E-state index in [1.165, 1.54) is 0 Å². The van der Waals surface area contributed by atoms with E-state index < -0.39 is 5.97 Å². The van der Waals surface area contributed by atoms with Crippen LogP contribution in [0.4, 0.5) is 0 Å². The van der Waals surface area contributed by atoms with Crippen LogP contribution in [0.2, 0.25) is 0 Å². The number of ether oxygens (including phenoxy) is 1. The third kappa shape index (κ3) is 2.09. The predicted molar refractivity (Wildman–Crippen MR) is 64.1 cm³/mol. The van der Waals surface area contributed by atoms with Crippen LogP contribution >= 0.6 is 0 Å². The van der Waals surface area contributed by atoms with E-state index in [0.717, 1.165) is 22.2 Å². The molecule has 2 aromatic rings. The summed E-state index contributed by atoms with van der Waals surface area (Å²) in [5.41, 5.74) is 7.97. The molecular weight excluding hydrogens is 220 g/mol. The summed E-state index contributed by atoms with van der Waals surface area (Å²) in [6.45, 7) is 0.291. The van der Waals surface area contributed by atoms with E-state index in [9.17, 15) is 4.79 Å². The summed E-state index contributed by atoms with van der Waals surface area (Å²) in [6, 6.07) is 5.51. The second-order valence-electron chi connectivity index (χ2n) is 3.77. The molecule has 5 heteroatoms.